The molecule has 0 aliphatic heterocycles. The molecule has 1 aromatic carbocycles. The van der Waals surface area contributed by atoms with Crippen molar-refractivity contribution in [1.29, 1.82) is 0 Å². The standard InChI is InChI=1S/C17H17BrN4O/c1-21-10-9-19-16(21)11-20-17(23)15-8-7-14(22(15)2)12-5-3-4-6-13(12)18/h3-10H,11H2,1-2H3,(H,20,23). The second kappa shape index (κ2) is 6.42. The number of hydrogen-bond donors (Lipinski definition) is 1. The number of nitrogens with one attached hydrogen (secondary N) is 1. The third kappa shape index (κ3) is 3.07. The third-order valence-corrected chi connectivity index (χ3v) is 4.52. The number of rotatable bonds is 4. The van der Waals surface area contributed by atoms with Crippen LogP contribution in [0.5, 0.6) is 0 Å². The van der Waals surface area contributed by atoms with E-state index in [0.29, 0.717) is 12.2 Å². The fraction of sp³-hybridized carbons (Fsp3) is 0.176. The van der Waals surface area contributed by atoms with Crippen LogP contribution in [0.4, 0.5) is 0 Å². The second-order valence-electron chi connectivity index (χ2n) is 5.28. The maximum atomic E-state index is 12.4. The average Bonchev–Trinajstić information content (AvgIpc) is 3.11. The van der Waals surface area contributed by atoms with Gasteiger partial charge in [0, 0.05) is 42.2 Å². The molecule has 5 nitrogen and oxygen atoms in total. The van der Waals surface area contributed by atoms with Crippen molar-refractivity contribution >= 4 is 21.8 Å². The van der Waals surface area contributed by atoms with Gasteiger partial charge in [-0.25, -0.2) is 4.98 Å². The molecule has 23 heavy (non-hydrogen) atoms. The Balaban J connectivity index is 1.80. The Morgan fingerprint density at radius 1 is 1.22 bits per heavy atom. The number of hydrogen-bond acceptors (Lipinski definition) is 2. The summed E-state index contributed by atoms with van der Waals surface area (Å²) >= 11 is 3.55. The number of carbonyl (C=O) groups is 1. The van der Waals surface area contributed by atoms with Crippen LogP contribution in [0.15, 0.2) is 53.3 Å². The summed E-state index contributed by atoms with van der Waals surface area (Å²) in [4.78, 5) is 16.6. The summed E-state index contributed by atoms with van der Waals surface area (Å²) in [5.41, 5.74) is 2.66. The summed E-state index contributed by atoms with van der Waals surface area (Å²) in [7, 11) is 3.80. The molecular formula is C17H17BrN4O. The van der Waals surface area contributed by atoms with Gasteiger partial charge in [-0.1, -0.05) is 34.1 Å². The lowest BCUT2D eigenvalue weighted by Gasteiger charge is -2.10. The first-order valence-electron chi connectivity index (χ1n) is 7.23. The average molecular weight is 373 g/mol. The van der Waals surface area contributed by atoms with E-state index in [2.05, 4.69) is 26.2 Å². The molecule has 0 atom stereocenters. The molecule has 0 fully saturated rings. The predicted octanol–water partition coefficient (Wildman–Crippen LogP) is 3.12. The highest BCUT2D eigenvalue weighted by Gasteiger charge is 2.15. The first-order valence-corrected chi connectivity index (χ1v) is 8.02. The Hall–Kier alpha value is -2.34. The maximum Gasteiger partial charge on any atom is 0.268 e. The van der Waals surface area contributed by atoms with E-state index in [1.165, 1.54) is 0 Å². The van der Waals surface area contributed by atoms with Crippen molar-refractivity contribution in [3.8, 4) is 11.3 Å². The summed E-state index contributed by atoms with van der Waals surface area (Å²) < 4.78 is 4.78. The number of aromatic nitrogens is 3. The summed E-state index contributed by atoms with van der Waals surface area (Å²) in [6.07, 6.45) is 3.57. The van der Waals surface area contributed by atoms with Crippen molar-refractivity contribution in [1.82, 2.24) is 19.4 Å². The number of imidazole rings is 1. The van der Waals surface area contributed by atoms with E-state index in [4.69, 9.17) is 0 Å². The molecule has 0 radical (unpaired) electrons. The first-order chi connectivity index (χ1) is 11.1. The fourth-order valence-corrected chi connectivity index (χ4v) is 2.98. The van der Waals surface area contributed by atoms with Crippen molar-refractivity contribution in [2.75, 3.05) is 0 Å². The number of amides is 1. The Morgan fingerprint density at radius 3 is 2.70 bits per heavy atom. The van der Waals surface area contributed by atoms with E-state index in [1.807, 2.05) is 65.8 Å². The monoisotopic (exact) mass is 372 g/mol. The van der Waals surface area contributed by atoms with Crippen LogP contribution in [-0.4, -0.2) is 20.0 Å². The van der Waals surface area contributed by atoms with Crippen LogP contribution < -0.4 is 5.32 Å². The minimum Gasteiger partial charge on any atom is -0.344 e. The fourth-order valence-electron chi connectivity index (χ4n) is 2.50. The zero-order valence-electron chi connectivity index (χ0n) is 13.0. The highest BCUT2D eigenvalue weighted by Crippen LogP contribution is 2.28. The molecule has 3 rings (SSSR count). The van der Waals surface area contributed by atoms with E-state index in [-0.39, 0.29) is 5.91 Å². The lowest BCUT2D eigenvalue weighted by Crippen LogP contribution is -2.26. The van der Waals surface area contributed by atoms with Gasteiger partial charge in [0.15, 0.2) is 0 Å². The molecule has 0 saturated heterocycles. The molecule has 0 aliphatic rings. The van der Waals surface area contributed by atoms with Gasteiger partial charge in [0.1, 0.15) is 11.5 Å². The number of carbonyl (C=O) groups excluding carboxylic acids is 1. The summed E-state index contributed by atoms with van der Waals surface area (Å²) in [6, 6.07) is 11.8. The van der Waals surface area contributed by atoms with Crippen molar-refractivity contribution in [2.45, 2.75) is 6.54 Å². The van der Waals surface area contributed by atoms with Crippen molar-refractivity contribution in [3.63, 3.8) is 0 Å². The molecule has 0 bridgehead atoms. The van der Waals surface area contributed by atoms with Crippen LogP contribution in [0.1, 0.15) is 16.3 Å². The van der Waals surface area contributed by atoms with Crippen LogP contribution >= 0.6 is 15.9 Å². The second-order valence-corrected chi connectivity index (χ2v) is 6.13. The van der Waals surface area contributed by atoms with Gasteiger partial charge in [0.05, 0.1) is 6.54 Å². The molecule has 2 heterocycles. The van der Waals surface area contributed by atoms with Crippen molar-refractivity contribution < 1.29 is 4.79 Å². The summed E-state index contributed by atoms with van der Waals surface area (Å²) in [5.74, 6) is 0.701. The molecule has 2 aromatic heterocycles. The van der Waals surface area contributed by atoms with E-state index >= 15 is 0 Å². The van der Waals surface area contributed by atoms with Crippen molar-refractivity contribution in [2.24, 2.45) is 14.1 Å². The van der Waals surface area contributed by atoms with Gasteiger partial charge >= 0.3 is 0 Å². The molecule has 118 valence electrons. The molecule has 1 amide bonds. The van der Waals surface area contributed by atoms with Gasteiger partial charge in [-0.15, -0.1) is 0 Å². The third-order valence-electron chi connectivity index (χ3n) is 3.83. The molecule has 0 spiro atoms. The number of halogens is 1. The largest absolute Gasteiger partial charge is 0.344 e. The van der Waals surface area contributed by atoms with Gasteiger partial charge in [0.25, 0.3) is 5.91 Å². The highest BCUT2D eigenvalue weighted by atomic mass is 79.9. The normalized spacial score (nSPS) is 10.7. The minimum atomic E-state index is -0.117. The zero-order chi connectivity index (χ0) is 16.4. The number of aryl methyl sites for hydroxylation is 1. The van der Waals surface area contributed by atoms with Gasteiger partial charge < -0.3 is 14.5 Å². The van der Waals surface area contributed by atoms with Gasteiger partial charge in [-0.2, -0.15) is 0 Å². The Labute approximate surface area is 143 Å². The van der Waals surface area contributed by atoms with E-state index in [1.54, 1.807) is 6.20 Å². The summed E-state index contributed by atoms with van der Waals surface area (Å²) in [6.45, 7) is 0.401. The zero-order valence-corrected chi connectivity index (χ0v) is 14.5. The van der Waals surface area contributed by atoms with Crippen LogP contribution in [0.25, 0.3) is 11.3 Å². The number of benzene rings is 1. The topological polar surface area (TPSA) is 51.9 Å². The maximum absolute atomic E-state index is 12.4. The highest BCUT2D eigenvalue weighted by molar-refractivity contribution is 9.10. The lowest BCUT2D eigenvalue weighted by molar-refractivity contribution is 0.0941. The number of nitrogens with zero attached hydrogens (tertiary/aromatic N) is 3. The van der Waals surface area contributed by atoms with Crippen LogP contribution in [0, 0.1) is 0 Å². The van der Waals surface area contributed by atoms with Crippen LogP contribution in [0.3, 0.4) is 0 Å². The van der Waals surface area contributed by atoms with E-state index < -0.39 is 0 Å². The molecule has 6 heteroatoms. The van der Waals surface area contributed by atoms with E-state index in [9.17, 15) is 4.79 Å². The molecule has 0 aliphatic carbocycles. The SMILES string of the molecule is Cn1ccnc1CNC(=O)c1ccc(-c2ccccc2Br)n1C. The Morgan fingerprint density at radius 2 is 2.00 bits per heavy atom. The quantitative estimate of drug-likeness (QED) is 0.764. The van der Waals surface area contributed by atoms with Gasteiger partial charge in [-0.3, -0.25) is 4.79 Å². The van der Waals surface area contributed by atoms with Crippen LogP contribution in [0.2, 0.25) is 0 Å². The molecule has 3 aromatic rings. The van der Waals surface area contributed by atoms with Gasteiger partial charge in [-0.05, 0) is 18.2 Å². The van der Waals surface area contributed by atoms with Gasteiger partial charge in [0.2, 0.25) is 0 Å². The molecular weight excluding hydrogens is 356 g/mol. The Bertz CT molecular complexity index is 850. The predicted molar refractivity (Wildman–Crippen MR) is 92.9 cm³/mol. The Kier molecular flexibility index (Phi) is 4.34. The lowest BCUT2D eigenvalue weighted by atomic mass is 10.1. The first kappa shape index (κ1) is 15.6. The van der Waals surface area contributed by atoms with E-state index in [0.717, 1.165) is 21.6 Å². The minimum absolute atomic E-state index is 0.117. The summed E-state index contributed by atoms with van der Waals surface area (Å²) in [5, 5.41) is 2.91. The van der Waals surface area contributed by atoms with Crippen LogP contribution in [-0.2, 0) is 20.6 Å². The smallest absolute Gasteiger partial charge is 0.268 e. The van der Waals surface area contributed by atoms with Crippen molar-refractivity contribution in [3.05, 3.63) is 64.8 Å². The molecule has 0 unspecified atom stereocenters. The molecule has 0 saturated carbocycles. The molecule has 1 N–H and O–H groups in total.